The van der Waals surface area contributed by atoms with Crippen molar-refractivity contribution in [3.05, 3.63) is 54.6 Å². The van der Waals surface area contributed by atoms with Gasteiger partial charge in [-0.15, -0.1) is 10.2 Å². The number of anilines is 1. The van der Waals surface area contributed by atoms with E-state index in [-0.39, 0.29) is 17.2 Å². The summed E-state index contributed by atoms with van der Waals surface area (Å²) in [7, 11) is -0.556. The average molecular weight is 496 g/mol. The van der Waals surface area contributed by atoms with Crippen molar-refractivity contribution in [1.82, 2.24) is 28.6 Å². The largest absolute Gasteiger partial charge is 0.328 e. The third-order valence-electron chi connectivity index (χ3n) is 5.83. The van der Waals surface area contributed by atoms with Gasteiger partial charge >= 0.3 is 0 Å². The molecule has 4 aromatic rings. The maximum Gasteiger partial charge on any atom is 0.242 e. The molecule has 0 saturated heterocycles. The Hall–Kier alpha value is -3.57. The fraction of sp³-hybridized carbons (Fsp3) is 0.333. The fourth-order valence-electron chi connectivity index (χ4n) is 3.97. The first-order chi connectivity index (χ1) is 16.7. The standard InChI is InChI=1S/C24H29N7O3S/c1-5-30-16-25-28-24(30)17-8-7-9-18(14-17)26-23(32)13-12-22-27-20-15-19(35(33,34)29(3)4)10-11-21(20)31(22)6-2/h7-11,14-16H,5-6,12-13H2,1-4H3,(H,26,32). The van der Waals surface area contributed by atoms with Crippen molar-refractivity contribution >= 4 is 32.7 Å². The Morgan fingerprint density at radius 3 is 2.60 bits per heavy atom. The van der Waals surface area contributed by atoms with Gasteiger partial charge < -0.3 is 14.5 Å². The molecule has 0 unspecified atom stereocenters. The highest BCUT2D eigenvalue weighted by atomic mass is 32.2. The van der Waals surface area contributed by atoms with Gasteiger partial charge in [0.15, 0.2) is 5.82 Å². The number of carbonyl (C=O) groups excluding carboxylic acids is 1. The van der Waals surface area contributed by atoms with Gasteiger partial charge in [-0.25, -0.2) is 17.7 Å². The quantitative estimate of drug-likeness (QED) is 0.381. The Bertz CT molecular complexity index is 1470. The Balaban J connectivity index is 1.49. The fourth-order valence-corrected chi connectivity index (χ4v) is 4.89. The zero-order chi connectivity index (χ0) is 25.2. The van der Waals surface area contributed by atoms with Crippen LogP contribution in [0.4, 0.5) is 5.69 Å². The first-order valence-corrected chi connectivity index (χ1v) is 12.9. The number of nitrogens with zero attached hydrogens (tertiary/aromatic N) is 6. The van der Waals surface area contributed by atoms with Crippen molar-refractivity contribution < 1.29 is 13.2 Å². The highest BCUT2D eigenvalue weighted by Gasteiger charge is 2.20. The Labute approximate surface area is 204 Å². The Morgan fingerprint density at radius 1 is 1.09 bits per heavy atom. The lowest BCUT2D eigenvalue weighted by atomic mass is 10.2. The number of nitrogens with one attached hydrogen (secondary N) is 1. The predicted octanol–water partition coefficient (Wildman–Crippen LogP) is 3.16. The van der Waals surface area contributed by atoms with Crippen molar-refractivity contribution in [3.63, 3.8) is 0 Å². The SMILES string of the molecule is CCn1cnnc1-c1cccc(NC(=O)CCc2nc3cc(S(=O)(=O)N(C)C)ccc3n2CC)c1. The zero-order valence-electron chi connectivity index (χ0n) is 20.3. The number of benzene rings is 2. The average Bonchev–Trinajstić information content (AvgIpc) is 3.46. The Kier molecular flexibility index (Phi) is 6.99. The number of imidazole rings is 1. The minimum absolute atomic E-state index is 0.135. The number of fused-ring (bicyclic) bond motifs is 1. The highest BCUT2D eigenvalue weighted by Crippen LogP contribution is 2.24. The first-order valence-electron chi connectivity index (χ1n) is 11.4. The maximum atomic E-state index is 12.7. The zero-order valence-corrected chi connectivity index (χ0v) is 21.1. The van der Waals surface area contributed by atoms with Crippen molar-refractivity contribution in [2.24, 2.45) is 0 Å². The van der Waals surface area contributed by atoms with Gasteiger partial charge in [0.05, 0.1) is 15.9 Å². The molecule has 2 aromatic heterocycles. The number of rotatable bonds is 9. The van der Waals surface area contributed by atoms with E-state index in [1.165, 1.54) is 18.4 Å². The smallest absolute Gasteiger partial charge is 0.242 e. The summed E-state index contributed by atoms with van der Waals surface area (Å²) in [5, 5.41) is 11.1. The molecule has 0 aliphatic heterocycles. The summed E-state index contributed by atoms with van der Waals surface area (Å²) in [6.45, 7) is 5.42. The minimum Gasteiger partial charge on any atom is -0.328 e. The first kappa shape index (κ1) is 24.6. The topological polar surface area (TPSA) is 115 Å². The third-order valence-corrected chi connectivity index (χ3v) is 7.64. The second kappa shape index (κ2) is 9.96. The van der Waals surface area contributed by atoms with E-state index >= 15 is 0 Å². The van der Waals surface area contributed by atoms with Crippen LogP contribution in [0.1, 0.15) is 26.1 Å². The van der Waals surface area contributed by atoms with Gasteiger partial charge in [0.2, 0.25) is 15.9 Å². The van der Waals surface area contributed by atoms with E-state index in [0.29, 0.717) is 24.2 Å². The van der Waals surface area contributed by atoms with Crippen LogP contribution in [0.5, 0.6) is 0 Å². The van der Waals surface area contributed by atoms with Gasteiger partial charge in [0.1, 0.15) is 12.2 Å². The summed E-state index contributed by atoms with van der Waals surface area (Å²) < 4.78 is 30.1. The van der Waals surface area contributed by atoms with Crippen LogP contribution in [0, 0.1) is 0 Å². The van der Waals surface area contributed by atoms with E-state index < -0.39 is 10.0 Å². The van der Waals surface area contributed by atoms with Gasteiger partial charge in [-0.05, 0) is 44.2 Å². The predicted molar refractivity (Wildman–Crippen MR) is 134 cm³/mol. The lowest BCUT2D eigenvalue weighted by Crippen LogP contribution is -2.22. The number of aromatic nitrogens is 5. The number of sulfonamides is 1. The van der Waals surface area contributed by atoms with E-state index in [1.807, 2.05) is 47.2 Å². The summed E-state index contributed by atoms with van der Waals surface area (Å²) in [5.41, 5.74) is 2.99. The van der Waals surface area contributed by atoms with Crippen LogP contribution in [-0.2, 0) is 34.3 Å². The lowest BCUT2D eigenvalue weighted by molar-refractivity contribution is -0.116. The normalized spacial score (nSPS) is 11.9. The van der Waals surface area contributed by atoms with E-state index in [0.717, 1.165) is 29.3 Å². The molecule has 11 heteroatoms. The summed E-state index contributed by atoms with van der Waals surface area (Å²) in [6.07, 6.45) is 2.34. The molecule has 0 bridgehead atoms. The van der Waals surface area contributed by atoms with Gasteiger partial charge in [-0.1, -0.05) is 12.1 Å². The van der Waals surface area contributed by atoms with Gasteiger partial charge in [0, 0.05) is 51.3 Å². The van der Waals surface area contributed by atoms with Crippen LogP contribution in [0.15, 0.2) is 53.7 Å². The third kappa shape index (κ3) is 4.96. The summed E-state index contributed by atoms with van der Waals surface area (Å²) in [4.78, 5) is 17.6. The molecular formula is C24H29N7O3S. The molecule has 184 valence electrons. The molecule has 4 rings (SSSR count). The molecule has 0 aliphatic rings. The molecule has 1 N–H and O–H groups in total. The number of aryl methyl sites for hydroxylation is 3. The second-order valence-electron chi connectivity index (χ2n) is 8.28. The molecular weight excluding hydrogens is 466 g/mol. The van der Waals surface area contributed by atoms with Crippen molar-refractivity contribution in [2.75, 3.05) is 19.4 Å². The lowest BCUT2D eigenvalue weighted by Gasteiger charge is -2.11. The van der Waals surface area contributed by atoms with Crippen LogP contribution in [0.2, 0.25) is 0 Å². The molecule has 0 spiro atoms. The molecule has 0 aliphatic carbocycles. The van der Waals surface area contributed by atoms with Crippen molar-refractivity contribution in [3.8, 4) is 11.4 Å². The minimum atomic E-state index is -3.55. The summed E-state index contributed by atoms with van der Waals surface area (Å²) >= 11 is 0. The molecule has 0 saturated carbocycles. The number of carbonyl (C=O) groups is 1. The molecule has 2 heterocycles. The van der Waals surface area contributed by atoms with Crippen LogP contribution in [-0.4, -0.2) is 57.0 Å². The van der Waals surface area contributed by atoms with Gasteiger partial charge in [-0.3, -0.25) is 4.79 Å². The second-order valence-corrected chi connectivity index (χ2v) is 10.4. The van der Waals surface area contributed by atoms with E-state index in [1.54, 1.807) is 24.5 Å². The summed E-state index contributed by atoms with van der Waals surface area (Å²) in [5.74, 6) is 1.35. The van der Waals surface area contributed by atoms with E-state index in [9.17, 15) is 13.2 Å². The highest BCUT2D eigenvalue weighted by molar-refractivity contribution is 7.89. The molecule has 0 fully saturated rings. The van der Waals surface area contributed by atoms with Gasteiger partial charge in [-0.2, -0.15) is 0 Å². The number of hydrogen-bond donors (Lipinski definition) is 1. The molecule has 35 heavy (non-hydrogen) atoms. The summed E-state index contributed by atoms with van der Waals surface area (Å²) in [6, 6.07) is 12.5. The van der Waals surface area contributed by atoms with Crippen LogP contribution >= 0.6 is 0 Å². The molecule has 2 aromatic carbocycles. The molecule has 10 nitrogen and oxygen atoms in total. The maximum absolute atomic E-state index is 12.7. The Morgan fingerprint density at radius 2 is 1.89 bits per heavy atom. The van der Waals surface area contributed by atoms with Crippen LogP contribution in [0.25, 0.3) is 22.4 Å². The molecule has 0 atom stereocenters. The van der Waals surface area contributed by atoms with E-state index in [2.05, 4.69) is 20.5 Å². The number of amides is 1. The van der Waals surface area contributed by atoms with Crippen LogP contribution < -0.4 is 5.32 Å². The van der Waals surface area contributed by atoms with Gasteiger partial charge in [0.25, 0.3) is 0 Å². The van der Waals surface area contributed by atoms with Crippen molar-refractivity contribution in [1.29, 1.82) is 0 Å². The van der Waals surface area contributed by atoms with Crippen LogP contribution in [0.3, 0.4) is 0 Å². The monoisotopic (exact) mass is 495 g/mol. The molecule has 0 radical (unpaired) electrons. The van der Waals surface area contributed by atoms with E-state index in [4.69, 9.17) is 0 Å². The number of hydrogen-bond acceptors (Lipinski definition) is 6. The van der Waals surface area contributed by atoms with Crippen molar-refractivity contribution in [2.45, 2.75) is 44.7 Å². The molecule has 1 amide bonds.